The highest BCUT2D eigenvalue weighted by Gasteiger charge is 2.35. The van der Waals surface area contributed by atoms with Crippen LogP contribution in [0.5, 0.6) is 5.75 Å². The van der Waals surface area contributed by atoms with Crippen molar-refractivity contribution in [1.29, 1.82) is 0 Å². The second kappa shape index (κ2) is 11.3. The summed E-state index contributed by atoms with van der Waals surface area (Å²) in [4.78, 5) is 12.5. The lowest BCUT2D eigenvalue weighted by molar-refractivity contribution is -0.142. The van der Waals surface area contributed by atoms with Crippen molar-refractivity contribution in [2.45, 2.75) is 43.9 Å². The van der Waals surface area contributed by atoms with Gasteiger partial charge in [-0.2, -0.15) is 40.2 Å². The van der Waals surface area contributed by atoms with Crippen molar-refractivity contribution < 1.29 is 22.7 Å². The topological polar surface area (TPSA) is 55.3 Å². The molecule has 1 aliphatic carbocycles. The average Bonchev–Trinajstić information content (AvgIpc) is 3.13. The van der Waals surface area contributed by atoms with E-state index in [9.17, 15) is 18.0 Å². The van der Waals surface area contributed by atoms with E-state index in [4.69, 9.17) is 4.74 Å². The van der Waals surface area contributed by atoms with Crippen LogP contribution < -0.4 is 15.4 Å². The van der Waals surface area contributed by atoms with Gasteiger partial charge in [-0.1, -0.05) is 6.07 Å². The molecule has 1 heterocycles. The van der Waals surface area contributed by atoms with E-state index in [0.717, 1.165) is 25.7 Å². The van der Waals surface area contributed by atoms with Crippen molar-refractivity contribution in [3.63, 3.8) is 0 Å². The summed E-state index contributed by atoms with van der Waals surface area (Å²) in [5.41, 5.74) is 1.18. The van der Waals surface area contributed by atoms with Crippen LogP contribution in [0.3, 0.4) is 0 Å². The van der Waals surface area contributed by atoms with E-state index in [1.165, 1.54) is 17.7 Å². The van der Waals surface area contributed by atoms with Gasteiger partial charge in [-0.3, -0.25) is 4.79 Å². The molecule has 186 valence electrons. The predicted molar refractivity (Wildman–Crippen MR) is 139 cm³/mol. The molecule has 4 rings (SSSR count). The largest absolute Gasteiger partial charge is 0.497 e. The molecule has 0 radical (unpaired) electrons. The number of ether oxygens (including phenoxy) is 1. The maximum atomic E-state index is 13.3. The van der Waals surface area contributed by atoms with Gasteiger partial charge in [0.15, 0.2) is 0 Å². The summed E-state index contributed by atoms with van der Waals surface area (Å²) in [6.07, 6.45) is -1.15. The number of benzene rings is 2. The Morgan fingerprint density at radius 1 is 1.00 bits per heavy atom. The van der Waals surface area contributed by atoms with Crippen molar-refractivity contribution in [1.82, 2.24) is 9.88 Å². The summed E-state index contributed by atoms with van der Waals surface area (Å²) in [5, 5.41) is 7.07. The quantitative estimate of drug-likeness (QED) is 0.468. The number of hydrogen-bond donors (Lipinski definition) is 2. The fourth-order valence-electron chi connectivity index (χ4n) is 4.37. The Morgan fingerprint density at radius 3 is 2.21 bits per heavy atom. The van der Waals surface area contributed by atoms with E-state index in [-0.39, 0.29) is 45.0 Å². The summed E-state index contributed by atoms with van der Waals surface area (Å²) in [6, 6.07) is 13.7. The summed E-state index contributed by atoms with van der Waals surface area (Å²) in [7, 11) is 3.01. The van der Waals surface area contributed by atoms with Gasteiger partial charge < -0.3 is 19.9 Å². The van der Waals surface area contributed by atoms with Gasteiger partial charge in [-0.05, 0) is 68.1 Å². The Kier molecular flexibility index (Phi) is 9.24. The van der Waals surface area contributed by atoms with Crippen LogP contribution in [0, 0.1) is 0 Å². The fourth-order valence-corrected chi connectivity index (χ4v) is 4.37. The summed E-state index contributed by atoms with van der Waals surface area (Å²) in [6.45, 7) is 0. The number of amides is 1. The Hall–Kier alpha value is -2.46. The number of nitrogens with zero attached hydrogens (tertiary/aromatic N) is 1. The van der Waals surface area contributed by atoms with Crippen LogP contribution in [0.25, 0.3) is 10.9 Å². The first-order valence-corrected chi connectivity index (χ1v) is 10.6. The number of fused-ring (bicyclic) bond motifs is 1. The number of hydrogen-bond acceptors (Lipinski definition) is 3. The number of carbonyl (C=O) groups is 1. The third-order valence-electron chi connectivity index (χ3n) is 6.15. The van der Waals surface area contributed by atoms with Crippen LogP contribution in [0.15, 0.2) is 48.5 Å². The van der Waals surface area contributed by atoms with Gasteiger partial charge in [-0.25, -0.2) is 0 Å². The third-order valence-corrected chi connectivity index (χ3v) is 6.15. The number of anilines is 1. The minimum absolute atomic E-state index is 0. The zero-order chi connectivity index (χ0) is 22.9. The van der Waals surface area contributed by atoms with E-state index >= 15 is 0 Å². The van der Waals surface area contributed by atoms with Gasteiger partial charge in [0.1, 0.15) is 11.4 Å². The maximum Gasteiger partial charge on any atom is 0.431 e. The molecule has 3 aromatic rings. The first-order valence-electron chi connectivity index (χ1n) is 10.6. The van der Waals surface area contributed by atoms with Gasteiger partial charge in [0.2, 0.25) is 0 Å². The molecule has 2 aromatic carbocycles. The van der Waals surface area contributed by atoms with Crippen molar-refractivity contribution in [3.05, 3.63) is 59.8 Å². The number of halogens is 3. The van der Waals surface area contributed by atoms with Crippen LogP contribution >= 0.6 is 27.0 Å². The van der Waals surface area contributed by atoms with Crippen LogP contribution in [0.2, 0.25) is 0 Å². The molecule has 0 aliphatic heterocycles. The summed E-state index contributed by atoms with van der Waals surface area (Å²) < 4.78 is 46.2. The lowest BCUT2D eigenvalue weighted by Gasteiger charge is -2.30. The highest BCUT2D eigenvalue weighted by molar-refractivity contribution is 7.59. The second-order valence-electron chi connectivity index (χ2n) is 8.22. The number of aromatic nitrogens is 1. The zero-order valence-electron chi connectivity index (χ0n) is 19.0. The number of methoxy groups -OCH3 is 1. The molecule has 1 fully saturated rings. The molecule has 0 atom stereocenters. The molecule has 1 aromatic heterocycles. The van der Waals surface area contributed by atoms with Crippen LogP contribution in [0.1, 0.15) is 41.7 Å². The van der Waals surface area contributed by atoms with Crippen molar-refractivity contribution in [2.75, 3.05) is 12.4 Å². The molecule has 10 heteroatoms. The molecule has 2 N–H and O–H groups in total. The molecule has 1 aliphatic rings. The molecule has 0 unspecified atom stereocenters. The number of aryl methyl sites for hydroxylation is 1. The molecule has 34 heavy (non-hydrogen) atoms. The highest BCUT2D eigenvalue weighted by atomic mass is 32.1. The number of nitrogens with one attached hydrogen (secondary N) is 2. The first-order chi connectivity index (χ1) is 15.3. The predicted octanol–water partition coefficient (Wildman–Crippen LogP) is 5.58. The molecule has 0 bridgehead atoms. The number of carbonyl (C=O) groups excluding carboxylic acids is 1. The summed E-state index contributed by atoms with van der Waals surface area (Å²) >= 11 is 0. The molecule has 1 amide bonds. The van der Waals surface area contributed by atoms with Crippen molar-refractivity contribution in [3.8, 4) is 5.75 Å². The number of alkyl halides is 3. The van der Waals surface area contributed by atoms with E-state index in [1.54, 1.807) is 43.5 Å². The Bertz CT molecular complexity index is 1110. The van der Waals surface area contributed by atoms with Crippen molar-refractivity contribution >= 4 is 49.5 Å². The van der Waals surface area contributed by atoms with Crippen molar-refractivity contribution in [2.24, 2.45) is 7.05 Å². The SMILES string of the molecule is COc1ccc(C(=O)NC2CCC(Nc3cccc4c3cc(C(F)(F)F)n4C)CC2)cc1.S.S. The lowest BCUT2D eigenvalue weighted by Crippen LogP contribution is -2.40. The monoisotopic (exact) mass is 513 g/mol. The summed E-state index contributed by atoms with van der Waals surface area (Å²) in [5.74, 6) is 0.585. The maximum absolute atomic E-state index is 13.3. The van der Waals surface area contributed by atoms with Crippen LogP contribution in [-0.4, -0.2) is 29.7 Å². The zero-order valence-corrected chi connectivity index (χ0v) is 21.0. The molecule has 0 spiro atoms. The molecular weight excluding hydrogens is 483 g/mol. The van der Waals surface area contributed by atoms with E-state index in [2.05, 4.69) is 10.6 Å². The van der Waals surface area contributed by atoms with Gasteiger partial charge >= 0.3 is 6.18 Å². The fraction of sp³-hybridized carbons (Fsp3) is 0.375. The van der Waals surface area contributed by atoms with Gasteiger partial charge in [0.25, 0.3) is 5.91 Å². The minimum Gasteiger partial charge on any atom is -0.497 e. The van der Waals surface area contributed by atoms with Crippen LogP contribution in [0.4, 0.5) is 18.9 Å². The van der Waals surface area contributed by atoms with Crippen LogP contribution in [-0.2, 0) is 13.2 Å². The second-order valence-corrected chi connectivity index (χ2v) is 8.22. The highest BCUT2D eigenvalue weighted by Crippen LogP contribution is 2.36. The Labute approximate surface area is 210 Å². The van der Waals surface area contributed by atoms with E-state index in [1.807, 2.05) is 6.07 Å². The Balaban J connectivity index is 0.00000204. The van der Waals surface area contributed by atoms with Gasteiger partial charge in [0, 0.05) is 35.8 Å². The Morgan fingerprint density at radius 2 is 1.62 bits per heavy atom. The standard InChI is InChI=1S/C24H26F3N3O2.2H2S/c1-30-21-5-3-4-20(19(21)14-22(30)24(25,26)27)28-16-8-10-17(11-9-16)29-23(31)15-6-12-18(32-2)13-7-15;;/h3-7,12-14,16-17,28H,8-11H2,1-2H3,(H,29,31);2*1H2. The number of rotatable bonds is 5. The van der Waals surface area contributed by atoms with Gasteiger partial charge in [-0.15, -0.1) is 0 Å². The van der Waals surface area contributed by atoms with E-state index < -0.39 is 11.9 Å². The molecule has 0 saturated heterocycles. The first kappa shape index (κ1) is 27.8. The lowest BCUT2D eigenvalue weighted by atomic mass is 9.90. The smallest absolute Gasteiger partial charge is 0.431 e. The third kappa shape index (κ3) is 5.96. The van der Waals surface area contributed by atoms with Gasteiger partial charge in [0.05, 0.1) is 12.6 Å². The molecule has 5 nitrogen and oxygen atoms in total. The van der Waals surface area contributed by atoms with E-state index in [0.29, 0.717) is 27.9 Å². The minimum atomic E-state index is -4.40. The molecular formula is C24H30F3N3O2S2. The normalized spacial score (nSPS) is 17.9. The average molecular weight is 514 g/mol. The molecule has 1 saturated carbocycles.